The standard InChI is InChI=1S/C63H40N6/c1-4-19-41(20-5-1)61-64-62(42-21-6-2-7-22-42)66-63(65-61)53-39-43(46-29-18-30-52-50-28-13-16-33-56(50)68(60(46)52)44-23-8-3-9-24-44)35-38-58(53)69-57-34-17-12-27-49(57)51-37-36-45(40-59(51)69)67-54-31-14-10-25-47(54)48-26-11-15-32-55(48)67/h1-40H. The van der Waals surface area contributed by atoms with Gasteiger partial charge in [-0.25, -0.2) is 15.0 Å². The molecule has 0 saturated carbocycles. The van der Waals surface area contributed by atoms with Gasteiger partial charge < -0.3 is 13.7 Å². The first-order valence-corrected chi connectivity index (χ1v) is 23.4. The Labute approximate surface area is 397 Å². The fourth-order valence-corrected chi connectivity index (χ4v) is 10.7. The molecule has 0 aliphatic rings. The lowest BCUT2D eigenvalue weighted by molar-refractivity contribution is 1.06. The molecule has 0 amide bonds. The van der Waals surface area contributed by atoms with Gasteiger partial charge in [0.15, 0.2) is 17.5 Å². The maximum Gasteiger partial charge on any atom is 0.166 e. The quantitative estimate of drug-likeness (QED) is 0.160. The minimum Gasteiger partial charge on any atom is -0.309 e. The minimum absolute atomic E-state index is 0.583. The van der Waals surface area contributed by atoms with Crippen LogP contribution in [0.3, 0.4) is 0 Å². The number of hydrogen-bond acceptors (Lipinski definition) is 3. The molecule has 4 aromatic heterocycles. The Balaban J connectivity index is 1.09. The molecule has 69 heavy (non-hydrogen) atoms. The normalized spacial score (nSPS) is 11.8. The number of aromatic nitrogens is 6. The Morgan fingerprint density at radius 3 is 1.30 bits per heavy atom. The van der Waals surface area contributed by atoms with Crippen LogP contribution in [0.4, 0.5) is 0 Å². The van der Waals surface area contributed by atoms with Crippen molar-refractivity contribution in [1.29, 1.82) is 0 Å². The molecule has 10 aromatic carbocycles. The molecular weight excluding hydrogens is 841 g/mol. The molecule has 0 aliphatic carbocycles. The predicted octanol–water partition coefficient (Wildman–Crippen LogP) is 15.8. The molecule has 0 aliphatic heterocycles. The molecule has 14 aromatic rings. The second-order valence-electron chi connectivity index (χ2n) is 17.6. The summed E-state index contributed by atoms with van der Waals surface area (Å²) in [5.41, 5.74) is 14.8. The van der Waals surface area contributed by atoms with E-state index < -0.39 is 0 Å². The van der Waals surface area contributed by atoms with E-state index in [9.17, 15) is 0 Å². The van der Waals surface area contributed by atoms with Gasteiger partial charge in [0, 0.05) is 65.9 Å². The zero-order valence-electron chi connectivity index (χ0n) is 37.3. The highest BCUT2D eigenvalue weighted by molar-refractivity contribution is 6.15. The highest BCUT2D eigenvalue weighted by Gasteiger charge is 2.23. The molecule has 6 nitrogen and oxygen atoms in total. The summed E-state index contributed by atoms with van der Waals surface area (Å²) in [5.74, 6) is 1.80. The highest BCUT2D eigenvalue weighted by atomic mass is 15.1. The number of fused-ring (bicyclic) bond motifs is 9. The fraction of sp³-hybridized carbons (Fsp3) is 0. The molecule has 4 heterocycles. The van der Waals surface area contributed by atoms with Gasteiger partial charge in [0.05, 0.1) is 38.8 Å². The van der Waals surface area contributed by atoms with Gasteiger partial charge in [-0.1, -0.05) is 182 Å². The zero-order chi connectivity index (χ0) is 45.4. The summed E-state index contributed by atoms with van der Waals surface area (Å²) >= 11 is 0. The Morgan fingerprint density at radius 1 is 0.246 bits per heavy atom. The topological polar surface area (TPSA) is 53.5 Å². The van der Waals surface area contributed by atoms with E-state index in [1.165, 1.54) is 38.0 Å². The Bertz CT molecular complexity index is 4190. The zero-order valence-corrected chi connectivity index (χ0v) is 37.3. The van der Waals surface area contributed by atoms with Crippen LogP contribution in [0.2, 0.25) is 0 Å². The van der Waals surface area contributed by atoms with Crippen molar-refractivity contribution in [2.75, 3.05) is 0 Å². The third kappa shape index (κ3) is 6.16. The number of hydrogen-bond donors (Lipinski definition) is 0. The molecule has 0 spiro atoms. The molecule has 6 heteroatoms. The second-order valence-corrected chi connectivity index (χ2v) is 17.6. The van der Waals surface area contributed by atoms with Crippen LogP contribution >= 0.6 is 0 Å². The summed E-state index contributed by atoms with van der Waals surface area (Å²) in [7, 11) is 0. The largest absolute Gasteiger partial charge is 0.309 e. The van der Waals surface area contributed by atoms with Gasteiger partial charge in [-0.15, -0.1) is 0 Å². The molecule has 0 fully saturated rings. The second kappa shape index (κ2) is 15.6. The Morgan fingerprint density at radius 2 is 0.710 bits per heavy atom. The lowest BCUT2D eigenvalue weighted by Crippen LogP contribution is -2.04. The summed E-state index contributed by atoms with van der Waals surface area (Å²) < 4.78 is 7.21. The lowest BCUT2D eigenvalue weighted by Gasteiger charge is -2.18. The van der Waals surface area contributed by atoms with Crippen molar-refractivity contribution >= 4 is 65.4 Å². The highest BCUT2D eigenvalue weighted by Crippen LogP contribution is 2.43. The predicted molar refractivity (Wildman–Crippen MR) is 285 cm³/mol. The van der Waals surface area contributed by atoms with E-state index >= 15 is 0 Å². The van der Waals surface area contributed by atoms with Gasteiger partial charge in [0.1, 0.15) is 0 Å². The molecule has 0 unspecified atom stereocenters. The van der Waals surface area contributed by atoms with Gasteiger partial charge >= 0.3 is 0 Å². The summed E-state index contributed by atoms with van der Waals surface area (Å²) in [6.45, 7) is 0. The number of rotatable bonds is 7. The summed E-state index contributed by atoms with van der Waals surface area (Å²) in [6.07, 6.45) is 0. The van der Waals surface area contributed by atoms with Crippen LogP contribution in [0.5, 0.6) is 0 Å². The van der Waals surface area contributed by atoms with E-state index in [4.69, 9.17) is 15.0 Å². The molecule has 0 radical (unpaired) electrons. The molecule has 0 bridgehead atoms. The van der Waals surface area contributed by atoms with Gasteiger partial charge in [0.25, 0.3) is 0 Å². The Hall–Kier alpha value is -9.39. The fourth-order valence-electron chi connectivity index (χ4n) is 10.7. The molecular formula is C63H40N6. The van der Waals surface area contributed by atoms with Gasteiger partial charge in [-0.05, 0) is 66.2 Å². The van der Waals surface area contributed by atoms with Crippen LogP contribution in [0, 0.1) is 0 Å². The van der Waals surface area contributed by atoms with E-state index in [0.717, 1.165) is 72.3 Å². The third-order valence-electron chi connectivity index (χ3n) is 13.7. The van der Waals surface area contributed by atoms with E-state index in [1.807, 2.05) is 36.4 Å². The SMILES string of the molecule is c1ccc(-c2nc(-c3ccccc3)nc(-c3cc(-c4cccc5c6ccccc6n(-c6ccccc6)c45)ccc3-n3c4ccccc4c4ccc(-n5c6ccccc6c6ccccc65)cc43)n2)cc1. The monoisotopic (exact) mass is 880 g/mol. The van der Waals surface area contributed by atoms with Crippen molar-refractivity contribution in [3.05, 3.63) is 243 Å². The smallest absolute Gasteiger partial charge is 0.166 e. The summed E-state index contributed by atoms with van der Waals surface area (Å²) in [5, 5.41) is 7.18. The van der Waals surface area contributed by atoms with Crippen molar-refractivity contribution in [3.8, 4) is 62.4 Å². The summed E-state index contributed by atoms with van der Waals surface area (Å²) in [6, 6.07) is 86.4. The summed E-state index contributed by atoms with van der Waals surface area (Å²) in [4.78, 5) is 16.0. The minimum atomic E-state index is 0.583. The van der Waals surface area contributed by atoms with E-state index in [1.54, 1.807) is 0 Å². The number of para-hydroxylation sites is 6. The number of nitrogens with zero attached hydrogens (tertiary/aromatic N) is 6. The third-order valence-corrected chi connectivity index (χ3v) is 13.7. The average molecular weight is 881 g/mol. The average Bonchev–Trinajstić information content (AvgIpc) is 4.07. The molecule has 0 atom stereocenters. The van der Waals surface area contributed by atoms with Crippen molar-refractivity contribution in [2.45, 2.75) is 0 Å². The van der Waals surface area contributed by atoms with Gasteiger partial charge in [0.2, 0.25) is 0 Å². The Kier molecular flexibility index (Phi) is 8.79. The van der Waals surface area contributed by atoms with Crippen LogP contribution in [0.1, 0.15) is 0 Å². The van der Waals surface area contributed by atoms with Gasteiger partial charge in [-0.2, -0.15) is 0 Å². The maximum absolute atomic E-state index is 5.41. The first-order chi connectivity index (χ1) is 34.2. The van der Waals surface area contributed by atoms with Crippen molar-refractivity contribution < 1.29 is 0 Å². The van der Waals surface area contributed by atoms with Gasteiger partial charge in [-0.3, -0.25) is 0 Å². The molecule has 0 N–H and O–H groups in total. The molecule has 14 rings (SSSR count). The van der Waals surface area contributed by atoms with E-state index in [0.29, 0.717) is 17.5 Å². The van der Waals surface area contributed by atoms with Crippen LogP contribution < -0.4 is 0 Å². The first-order valence-electron chi connectivity index (χ1n) is 23.4. The van der Waals surface area contributed by atoms with Crippen molar-refractivity contribution in [2.24, 2.45) is 0 Å². The first kappa shape index (κ1) is 38.8. The van der Waals surface area contributed by atoms with Crippen molar-refractivity contribution in [1.82, 2.24) is 28.7 Å². The van der Waals surface area contributed by atoms with Crippen LogP contribution in [0.15, 0.2) is 243 Å². The van der Waals surface area contributed by atoms with E-state index in [-0.39, 0.29) is 0 Å². The maximum atomic E-state index is 5.41. The van der Waals surface area contributed by atoms with Crippen LogP contribution in [0.25, 0.3) is 128 Å². The van der Waals surface area contributed by atoms with Crippen LogP contribution in [-0.2, 0) is 0 Å². The lowest BCUT2D eigenvalue weighted by atomic mass is 9.98. The number of benzene rings is 10. The van der Waals surface area contributed by atoms with Crippen molar-refractivity contribution in [3.63, 3.8) is 0 Å². The van der Waals surface area contributed by atoms with Crippen LogP contribution in [-0.4, -0.2) is 28.7 Å². The van der Waals surface area contributed by atoms with E-state index in [2.05, 4.69) is 220 Å². The molecule has 0 saturated heterocycles. The molecule has 322 valence electrons.